The summed E-state index contributed by atoms with van der Waals surface area (Å²) in [5.41, 5.74) is -0.650. The number of pyridine rings is 1. The fourth-order valence-electron chi connectivity index (χ4n) is 2.36. The first-order chi connectivity index (χ1) is 12.4. The molecule has 0 aliphatic rings. The Kier molecular flexibility index (Phi) is 5.63. The monoisotopic (exact) mass is 373 g/mol. The molecule has 2 aromatic rings. The van der Waals surface area contributed by atoms with Crippen LogP contribution in [0.3, 0.4) is 0 Å². The highest BCUT2D eigenvalue weighted by atomic mass is 16.6. The number of benzene rings is 1. The summed E-state index contributed by atoms with van der Waals surface area (Å²) in [5, 5.41) is 4.51. The van der Waals surface area contributed by atoms with E-state index in [1.165, 1.54) is 0 Å². The third kappa shape index (κ3) is 5.32. The van der Waals surface area contributed by atoms with Crippen molar-refractivity contribution in [1.29, 1.82) is 0 Å². The predicted molar refractivity (Wildman–Crippen MR) is 106 cm³/mol. The zero-order chi connectivity index (χ0) is 20.4. The summed E-state index contributed by atoms with van der Waals surface area (Å²) in [5.74, 6) is 0.165. The summed E-state index contributed by atoms with van der Waals surface area (Å²) in [6.07, 6.45) is -0.136. The van der Waals surface area contributed by atoms with E-state index in [2.05, 4.69) is 10.3 Å². The number of rotatable bonds is 2. The van der Waals surface area contributed by atoms with Gasteiger partial charge in [-0.15, -0.1) is 0 Å². The molecule has 1 heterocycles. The van der Waals surface area contributed by atoms with E-state index >= 15 is 0 Å². The van der Waals surface area contributed by atoms with E-state index in [1.807, 2.05) is 25.2 Å². The molecular weight excluding hydrogens is 346 g/mol. The highest BCUT2D eigenvalue weighted by Crippen LogP contribution is 2.29. The Morgan fingerprint density at radius 3 is 2.00 bits per heavy atom. The van der Waals surface area contributed by atoms with E-state index in [9.17, 15) is 9.59 Å². The Balaban J connectivity index is 2.57. The number of hydrogen-bond acceptors (Lipinski definition) is 6. The topological polar surface area (TPSA) is 80.8 Å². The van der Waals surface area contributed by atoms with E-state index in [-0.39, 0.29) is 5.82 Å². The van der Waals surface area contributed by atoms with Gasteiger partial charge in [-0.25, -0.2) is 14.6 Å². The molecule has 2 amide bonds. The van der Waals surface area contributed by atoms with E-state index in [1.54, 1.807) is 53.8 Å². The standard InChI is InChI=1S/C20H27N3O4/c1-19(2,3)26-17(24)23(18(25)27-20(4,5)6)16-15-9-8-14(21-7)12-13(15)10-11-22-16/h8-12,21H,1-7H3. The molecule has 27 heavy (non-hydrogen) atoms. The average molecular weight is 373 g/mol. The highest BCUT2D eigenvalue weighted by Gasteiger charge is 2.34. The van der Waals surface area contributed by atoms with Crippen LogP contribution >= 0.6 is 0 Å². The van der Waals surface area contributed by atoms with Crippen LogP contribution in [0.1, 0.15) is 41.5 Å². The lowest BCUT2D eigenvalue weighted by atomic mass is 10.1. The molecule has 0 aliphatic heterocycles. The zero-order valence-corrected chi connectivity index (χ0v) is 16.9. The van der Waals surface area contributed by atoms with Gasteiger partial charge in [-0.2, -0.15) is 4.90 Å². The Labute approximate surface area is 159 Å². The van der Waals surface area contributed by atoms with Crippen LogP contribution in [0.15, 0.2) is 30.5 Å². The lowest BCUT2D eigenvalue weighted by molar-refractivity contribution is 0.0429. The number of nitrogens with zero attached hydrogens (tertiary/aromatic N) is 2. The molecule has 146 valence electrons. The summed E-state index contributed by atoms with van der Waals surface area (Å²) in [4.78, 5) is 30.7. The largest absolute Gasteiger partial charge is 0.443 e. The summed E-state index contributed by atoms with van der Waals surface area (Å²) >= 11 is 0. The van der Waals surface area contributed by atoms with Crippen molar-refractivity contribution in [3.05, 3.63) is 30.5 Å². The molecule has 0 atom stereocenters. The summed E-state index contributed by atoms with van der Waals surface area (Å²) in [7, 11) is 1.82. The first kappa shape index (κ1) is 20.5. The van der Waals surface area contributed by atoms with Gasteiger partial charge in [-0.1, -0.05) is 0 Å². The molecule has 0 radical (unpaired) electrons. The van der Waals surface area contributed by atoms with Crippen molar-refractivity contribution in [1.82, 2.24) is 4.98 Å². The molecule has 7 heteroatoms. The number of aromatic nitrogens is 1. The van der Waals surface area contributed by atoms with Crippen molar-refractivity contribution in [2.45, 2.75) is 52.7 Å². The molecule has 0 unspecified atom stereocenters. The first-order valence-corrected chi connectivity index (χ1v) is 8.74. The molecule has 1 N–H and O–H groups in total. The minimum atomic E-state index is -0.838. The Morgan fingerprint density at radius 1 is 0.963 bits per heavy atom. The van der Waals surface area contributed by atoms with Crippen molar-refractivity contribution in [2.75, 3.05) is 17.3 Å². The van der Waals surface area contributed by atoms with Crippen molar-refractivity contribution in [3.63, 3.8) is 0 Å². The average Bonchev–Trinajstić information content (AvgIpc) is 2.51. The number of carbonyl (C=O) groups excluding carboxylic acids is 2. The van der Waals surface area contributed by atoms with Gasteiger partial charge in [0.15, 0.2) is 5.82 Å². The van der Waals surface area contributed by atoms with Crippen LogP contribution in [0, 0.1) is 0 Å². The quantitative estimate of drug-likeness (QED) is 0.802. The van der Waals surface area contributed by atoms with Crippen LogP contribution < -0.4 is 10.2 Å². The van der Waals surface area contributed by atoms with Gasteiger partial charge in [0.05, 0.1) is 0 Å². The molecular formula is C20H27N3O4. The van der Waals surface area contributed by atoms with Gasteiger partial charge in [0.1, 0.15) is 11.2 Å². The Morgan fingerprint density at radius 2 is 1.52 bits per heavy atom. The molecule has 0 saturated heterocycles. The minimum Gasteiger partial charge on any atom is -0.443 e. The normalized spacial score (nSPS) is 11.8. The number of anilines is 2. The maximum atomic E-state index is 12.8. The summed E-state index contributed by atoms with van der Waals surface area (Å²) in [6.45, 7) is 10.4. The second-order valence-corrected chi connectivity index (χ2v) is 8.12. The number of fused-ring (bicyclic) bond motifs is 1. The van der Waals surface area contributed by atoms with Gasteiger partial charge < -0.3 is 14.8 Å². The number of carbonyl (C=O) groups is 2. The van der Waals surface area contributed by atoms with Crippen LogP contribution in [-0.4, -0.2) is 35.4 Å². The number of nitrogens with one attached hydrogen (secondary N) is 1. The molecule has 0 bridgehead atoms. The van der Waals surface area contributed by atoms with Crippen LogP contribution in [0.5, 0.6) is 0 Å². The second kappa shape index (κ2) is 7.42. The van der Waals surface area contributed by atoms with E-state index in [0.717, 1.165) is 16.0 Å². The maximum Gasteiger partial charge on any atom is 0.425 e. The SMILES string of the molecule is CNc1ccc2c(N(C(=O)OC(C)(C)C)C(=O)OC(C)(C)C)nccc2c1. The summed E-state index contributed by atoms with van der Waals surface area (Å²) in [6, 6.07) is 7.35. The third-order valence-corrected chi connectivity index (χ3v) is 3.40. The zero-order valence-electron chi connectivity index (χ0n) is 16.9. The fourth-order valence-corrected chi connectivity index (χ4v) is 2.36. The minimum absolute atomic E-state index is 0.165. The molecule has 0 spiro atoms. The first-order valence-electron chi connectivity index (χ1n) is 8.74. The van der Waals surface area contributed by atoms with Crippen LogP contribution in [0.4, 0.5) is 21.1 Å². The molecule has 2 rings (SSSR count). The third-order valence-electron chi connectivity index (χ3n) is 3.40. The van der Waals surface area contributed by atoms with E-state index in [4.69, 9.17) is 9.47 Å². The van der Waals surface area contributed by atoms with Crippen molar-refractivity contribution in [3.8, 4) is 0 Å². The van der Waals surface area contributed by atoms with Gasteiger partial charge in [0, 0.05) is 24.3 Å². The van der Waals surface area contributed by atoms with Crippen molar-refractivity contribution >= 4 is 34.5 Å². The maximum absolute atomic E-state index is 12.8. The van der Waals surface area contributed by atoms with Gasteiger partial charge >= 0.3 is 12.2 Å². The highest BCUT2D eigenvalue weighted by molar-refractivity contribution is 6.14. The molecule has 1 aromatic heterocycles. The van der Waals surface area contributed by atoms with Gasteiger partial charge in [-0.3, -0.25) is 0 Å². The van der Waals surface area contributed by atoms with Gasteiger partial charge in [0.25, 0.3) is 0 Å². The molecule has 1 aromatic carbocycles. The van der Waals surface area contributed by atoms with E-state index in [0.29, 0.717) is 5.39 Å². The number of imide groups is 1. The Bertz CT molecular complexity index is 822. The van der Waals surface area contributed by atoms with Gasteiger partial charge in [-0.05, 0) is 71.2 Å². The number of amides is 2. The fraction of sp³-hybridized carbons (Fsp3) is 0.450. The van der Waals surface area contributed by atoms with Crippen LogP contribution in [0.2, 0.25) is 0 Å². The lowest BCUT2D eigenvalue weighted by Crippen LogP contribution is -2.44. The van der Waals surface area contributed by atoms with Crippen LogP contribution in [-0.2, 0) is 9.47 Å². The molecule has 7 nitrogen and oxygen atoms in total. The Hall–Kier alpha value is -2.83. The molecule has 0 saturated carbocycles. The number of ether oxygens (including phenoxy) is 2. The molecule has 0 aliphatic carbocycles. The van der Waals surface area contributed by atoms with Gasteiger partial charge in [0.2, 0.25) is 0 Å². The smallest absolute Gasteiger partial charge is 0.425 e. The second-order valence-electron chi connectivity index (χ2n) is 8.12. The summed E-state index contributed by atoms with van der Waals surface area (Å²) < 4.78 is 10.8. The van der Waals surface area contributed by atoms with E-state index < -0.39 is 23.4 Å². The lowest BCUT2D eigenvalue weighted by Gasteiger charge is -2.28. The van der Waals surface area contributed by atoms with Crippen molar-refractivity contribution in [2.24, 2.45) is 0 Å². The van der Waals surface area contributed by atoms with Crippen molar-refractivity contribution < 1.29 is 19.1 Å². The number of hydrogen-bond donors (Lipinski definition) is 1. The molecule has 0 fully saturated rings. The predicted octanol–water partition coefficient (Wildman–Crippen LogP) is 4.95. The van der Waals surface area contributed by atoms with Crippen LogP contribution in [0.25, 0.3) is 10.8 Å².